The number of hydrogen-bond acceptors (Lipinski definition) is 3. The number of nitrogens with one attached hydrogen (secondary N) is 1. The molecule has 2 aromatic carbocycles. The van der Waals surface area contributed by atoms with Crippen LogP contribution in [0.4, 0.5) is 10.1 Å². The van der Waals surface area contributed by atoms with Gasteiger partial charge in [-0.05, 0) is 30.7 Å². The van der Waals surface area contributed by atoms with E-state index < -0.39 is 23.3 Å². The normalized spacial score (nSPS) is 20.0. The van der Waals surface area contributed by atoms with Gasteiger partial charge in [0.2, 0.25) is 0 Å². The molecule has 1 aliphatic rings. The van der Waals surface area contributed by atoms with Crippen LogP contribution in [-0.2, 0) is 16.0 Å². The maximum atomic E-state index is 13.6. The van der Waals surface area contributed by atoms with Gasteiger partial charge in [0.15, 0.2) is 5.60 Å². The van der Waals surface area contributed by atoms with Crippen LogP contribution in [-0.4, -0.2) is 17.5 Å². The Kier molecular flexibility index (Phi) is 3.41. The van der Waals surface area contributed by atoms with Gasteiger partial charge in [-0.3, -0.25) is 4.79 Å². The van der Waals surface area contributed by atoms with Crippen molar-refractivity contribution in [1.29, 1.82) is 0 Å². The zero-order valence-electron chi connectivity index (χ0n) is 11.9. The summed E-state index contributed by atoms with van der Waals surface area (Å²) in [4.78, 5) is 24.5. The molecule has 1 aliphatic heterocycles. The number of carbonyl (C=O) groups excluding carboxylic acids is 2. The molecule has 0 spiro atoms. The molecule has 1 amide bonds. The number of cyclic esters (lactones) is 1. The zero-order chi connectivity index (χ0) is 15.7. The van der Waals surface area contributed by atoms with Crippen LogP contribution in [0, 0.1) is 5.82 Å². The summed E-state index contributed by atoms with van der Waals surface area (Å²) in [6.07, 6.45) is 0.245. The van der Waals surface area contributed by atoms with Crippen molar-refractivity contribution < 1.29 is 18.7 Å². The molecule has 1 atom stereocenters. The largest absolute Gasteiger partial charge is 0.445 e. The highest BCUT2D eigenvalue weighted by molar-refractivity contribution is 6.02. The number of rotatable bonds is 2. The summed E-state index contributed by atoms with van der Waals surface area (Å²) in [7, 11) is 0. The third-order valence-electron chi connectivity index (χ3n) is 3.69. The molecular weight excluding hydrogens is 285 g/mol. The van der Waals surface area contributed by atoms with Crippen molar-refractivity contribution in [1.82, 2.24) is 0 Å². The van der Waals surface area contributed by atoms with Crippen molar-refractivity contribution in [2.45, 2.75) is 18.9 Å². The van der Waals surface area contributed by atoms with Crippen molar-refractivity contribution in [3.63, 3.8) is 0 Å². The number of benzene rings is 2. The van der Waals surface area contributed by atoms with Gasteiger partial charge >= 0.3 is 5.97 Å². The van der Waals surface area contributed by atoms with Crippen LogP contribution in [0.1, 0.15) is 22.8 Å². The van der Waals surface area contributed by atoms with E-state index in [0.717, 1.165) is 5.56 Å². The molecule has 0 aromatic heterocycles. The Labute approximate surface area is 126 Å². The van der Waals surface area contributed by atoms with Gasteiger partial charge in [-0.15, -0.1) is 0 Å². The van der Waals surface area contributed by atoms with Crippen molar-refractivity contribution in [2.24, 2.45) is 0 Å². The maximum absolute atomic E-state index is 13.6. The highest BCUT2D eigenvalue weighted by Crippen LogP contribution is 2.29. The van der Waals surface area contributed by atoms with Gasteiger partial charge < -0.3 is 10.1 Å². The molecule has 112 valence electrons. The predicted molar refractivity (Wildman–Crippen MR) is 79.0 cm³/mol. The van der Waals surface area contributed by atoms with Gasteiger partial charge in [0.25, 0.3) is 5.91 Å². The number of esters is 1. The topological polar surface area (TPSA) is 55.4 Å². The number of carbonyl (C=O) groups is 2. The van der Waals surface area contributed by atoms with E-state index in [-0.39, 0.29) is 12.1 Å². The van der Waals surface area contributed by atoms with Crippen LogP contribution in [0.25, 0.3) is 0 Å². The second-order valence-corrected chi connectivity index (χ2v) is 5.39. The van der Waals surface area contributed by atoms with Crippen molar-refractivity contribution in [3.8, 4) is 0 Å². The van der Waals surface area contributed by atoms with Crippen LogP contribution in [0.15, 0.2) is 48.5 Å². The molecular formula is C17H14FNO3. The summed E-state index contributed by atoms with van der Waals surface area (Å²) in [5, 5.41) is 2.48. The van der Waals surface area contributed by atoms with E-state index >= 15 is 0 Å². The van der Waals surface area contributed by atoms with Crippen LogP contribution in [0.3, 0.4) is 0 Å². The van der Waals surface area contributed by atoms with Gasteiger partial charge in [0.1, 0.15) is 5.82 Å². The van der Waals surface area contributed by atoms with Gasteiger partial charge in [0.05, 0.1) is 11.3 Å². The lowest BCUT2D eigenvalue weighted by atomic mass is 9.89. The average molecular weight is 299 g/mol. The Bertz CT molecular complexity index is 759. The molecule has 22 heavy (non-hydrogen) atoms. The maximum Gasteiger partial charge on any atom is 0.339 e. The van der Waals surface area contributed by atoms with Gasteiger partial charge in [0, 0.05) is 6.42 Å². The van der Waals surface area contributed by atoms with E-state index in [9.17, 15) is 14.0 Å². The Morgan fingerprint density at radius 1 is 1.18 bits per heavy atom. The lowest BCUT2D eigenvalue weighted by molar-refractivity contribution is -0.134. The minimum absolute atomic E-state index is 0.0589. The molecule has 1 N–H and O–H groups in total. The standard InChI is InChI=1S/C17H14FNO3/c1-17(16(21)19-14-9-5-4-8-13(14)18)10-11-6-2-3-7-12(11)15(20)22-17/h2-9H,10H2,1H3,(H,19,21)/t17-/m1/s1. The highest BCUT2D eigenvalue weighted by atomic mass is 19.1. The zero-order valence-corrected chi connectivity index (χ0v) is 11.9. The fourth-order valence-electron chi connectivity index (χ4n) is 2.48. The summed E-state index contributed by atoms with van der Waals surface area (Å²) in [6, 6.07) is 12.8. The Hall–Kier alpha value is -2.69. The number of fused-ring (bicyclic) bond motifs is 1. The third kappa shape index (κ3) is 2.45. The molecule has 0 fully saturated rings. The smallest absolute Gasteiger partial charge is 0.339 e. The molecule has 0 unspecified atom stereocenters. The lowest BCUT2D eigenvalue weighted by Crippen LogP contribution is -2.49. The van der Waals surface area contributed by atoms with E-state index in [1.807, 2.05) is 0 Å². The van der Waals surface area contributed by atoms with Gasteiger partial charge in [-0.25, -0.2) is 9.18 Å². The minimum Gasteiger partial charge on any atom is -0.445 e. The molecule has 2 aromatic rings. The van der Waals surface area contributed by atoms with E-state index in [2.05, 4.69) is 5.32 Å². The summed E-state index contributed by atoms with van der Waals surface area (Å²) >= 11 is 0. The van der Waals surface area contributed by atoms with E-state index in [1.54, 1.807) is 30.3 Å². The molecule has 0 saturated heterocycles. The number of amides is 1. The predicted octanol–water partition coefficient (Wildman–Crippen LogP) is 2.94. The average Bonchev–Trinajstić information content (AvgIpc) is 2.49. The Morgan fingerprint density at radius 3 is 2.64 bits per heavy atom. The summed E-state index contributed by atoms with van der Waals surface area (Å²) < 4.78 is 18.9. The van der Waals surface area contributed by atoms with E-state index in [0.29, 0.717) is 5.56 Å². The first-order valence-electron chi connectivity index (χ1n) is 6.87. The number of ether oxygens (including phenoxy) is 1. The first-order valence-corrected chi connectivity index (χ1v) is 6.87. The quantitative estimate of drug-likeness (QED) is 0.867. The number of para-hydroxylation sites is 1. The second kappa shape index (κ2) is 5.26. The lowest BCUT2D eigenvalue weighted by Gasteiger charge is -2.33. The van der Waals surface area contributed by atoms with Crippen molar-refractivity contribution >= 4 is 17.6 Å². The monoisotopic (exact) mass is 299 g/mol. The summed E-state index contributed by atoms with van der Waals surface area (Å²) in [5.41, 5.74) is -0.111. The summed E-state index contributed by atoms with van der Waals surface area (Å²) in [6.45, 7) is 1.52. The number of anilines is 1. The first kappa shape index (κ1) is 14.3. The second-order valence-electron chi connectivity index (χ2n) is 5.39. The molecule has 0 aliphatic carbocycles. The fraction of sp³-hybridized carbons (Fsp3) is 0.176. The molecule has 4 nitrogen and oxygen atoms in total. The minimum atomic E-state index is -1.37. The first-order chi connectivity index (χ1) is 10.5. The Morgan fingerprint density at radius 2 is 1.86 bits per heavy atom. The molecule has 0 radical (unpaired) electrons. The molecule has 0 bridgehead atoms. The van der Waals surface area contributed by atoms with Crippen LogP contribution >= 0.6 is 0 Å². The van der Waals surface area contributed by atoms with Crippen molar-refractivity contribution in [3.05, 3.63) is 65.5 Å². The fourth-order valence-corrected chi connectivity index (χ4v) is 2.48. The number of hydrogen-bond donors (Lipinski definition) is 1. The molecule has 1 heterocycles. The van der Waals surface area contributed by atoms with Crippen LogP contribution < -0.4 is 5.32 Å². The summed E-state index contributed by atoms with van der Waals surface area (Å²) in [5.74, 6) is -1.64. The molecule has 5 heteroatoms. The Balaban J connectivity index is 1.87. The number of halogens is 1. The molecule has 0 saturated carbocycles. The van der Waals surface area contributed by atoms with E-state index in [1.165, 1.54) is 25.1 Å². The van der Waals surface area contributed by atoms with Crippen LogP contribution in [0.2, 0.25) is 0 Å². The SMILES string of the molecule is C[C@]1(C(=O)Nc2ccccc2F)Cc2ccccc2C(=O)O1. The van der Waals surface area contributed by atoms with Gasteiger partial charge in [-0.2, -0.15) is 0 Å². The van der Waals surface area contributed by atoms with Gasteiger partial charge in [-0.1, -0.05) is 30.3 Å². The third-order valence-corrected chi connectivity index (χ3v) is 3.69. The highest BCUT2D eigenvalue weighted by Gasteiger charge is 2.42. The van der Waals surface area contributed by atoms with E-state index in [4.69, 9.17) is 4.74 Å². The van der Waals surface area contributed by atoms with Crippen molar-refractivity contribution in [2.75, 3.05) is 5.32 Å². The molecule has 3 rings (SSSR count). The van der Waals surface area contributed by atoms with Crippen LogP contribution in [0.5, 0.6) is 0 Å².